The van der Waals surface area contributed by atoms with Crippen molar-refractivity contribution in [2.24, 2.45) is 0 Å². The van der Waals surface area contributed by atoms with E-state index in [0.717, 1.165) is 16.7 Å². The maximum atomic E-state index is 9.46. The van der Waals surface area contributed by atoms with E-state index < -0.39 is 0 Å². The predicted octanol–water partition coefficient (Wildman–Crippen LogP) is 6.64. The first kappa shape index (κ1) is 18.1. The van der Waals surface area contributed by atoms with E-state index in [0.29, 0.717) is 28.0 Å². The van der Waals surface area contributed by atoms with Gasteiger partial charge in [0.1, 0.15) is 12.4 Å². The van der Waals surface area contributed by atoms with Crippen molar-refractivity contribution in [3.05, 3.63) is 99.5 Å². The molecule has 128 valence electrons. The van der Waals surface area contributed by atoms with Gasteiger partial charge < -0.3 is 4.74 Å². The first-order valence-electron chi connectivity index (χ1n) is 8.00. The highest BCUT2D eigenvalue weighted by molar-refractivity contribution is 6.31. The van der Waals surface area contributed by atoms with Crippen LogP contribution in [0.5, 0.6) is 5.75 Å². The summed E-state index contributed by atoms with van der Waals surface area (Å²) in [4.78, 5) is 0. The van der Waals surface area contributed by atoms with E-state index in [9.17, 15) is 5.26 Å². The molecule has 0 aromatic heterocycles. The minimum atomic E-state index is 0.384. The van der Waals surface area contributed by atoms with Crippen molar-refractivity contribution in [1.29, 1.82) is 5.26 Å². The SMILES string of the molecule is N#C/C(=C/c1cccc(OCc2ccccc2Cl)c1)c1ccc(Cl)cc1. The van der Waals surface area contributed by atoms with E-state index in [-0.39, 0.29) is 0 Å². The maximum Gasteiger partial charge on any atom is 0.120 e. The quantitative estimate of drug-likeness (QED) is 0.367. The summed E-state index contributed by atoms with van der Waals surface area (Å²) in [6, 6.07) is 24.6. The average Bonchev–Trinajstić information content (AvgIpc) is 2.67. The molecule has 4 heteroatoms. The number of ether oxygens (including phenoxy) is 1. The van der Waals surface area contributed by atoms with Crippen LogP contribution in [0, 0.1) is 11.3 Å². The molecule has 3 rings (SSSR count). The lowest BCUT2D eigenvalue weighted by Crippen LogP contribution is -1.96. The van der Waals surface area contributed by atoms with Crippen molar-refractivity contribution in [3.63, 3.8) is 0 Å². The van der Waals surface area contributed by atoms with Gasteiger partial charge in [-0.05, 0) is 47.5 Å². The van der Waals surface area contributed by atoms with Gasteiger partial charge in [-0.3, -0.25) is 0 Å². The molecule has 2 nitrogen and oxygen atoms in total. The van der Waals surface area contributed by atoms with Crippen molar-refractivity contribution in [2.75, 3.05) is 0 Å². The molecule has 0 saturated carbocycles. The molecule has 3 aromatic carbocycles. The van der Waals surface area contributed by atoms with Gasteiger partial charge in [-0.15, -0.1) is 0 Å². The first-order valence-corrected chi connectivity index (χ1v) is 8.75. The van der Waals surface area contributed by atoms with Crippen molar-refractivity contribution in [3.8, 4) is 11.8 Å². The van der Waals surface area contributed by atoms with Crippen LogP contribution < -0.4 is 4.74 Å². The van der Waals surface area contributed by atoms with Gasteiger partial charge >= 0.3 is 0 Å². The zero-order valence-corrected chi connectivity index (χ0v) is 15.3. The van der Waals surface area contributed by atoms with E-state index in [1.807, 2.05) is 66.7 Å². The summed E-state index contributed by atoms with van der Waals surface area (Å²) in [5.41, 5.74) is 3.19. The summed E-state index contributed by atoms with van der Waals surface area (Å²) in [5.74, 6) is 0.715. The number of rotatable bonds is 5. The molecule has 0 spiro atoms. The Balaban J connectivity index is 1.79. The Hall–Kier alpha value is -2.73. The zero-order chi connectivity index (χ0) is 18.4. The van der Waals surface area contributed by atoms with E-state index in [4.69, 9.17) is 27.9 Å². The van der Waals surface area contributed by atoms with Crippen LogP contribution in [-0.2, 0) is 6.61 Å². The van der Waals surface area contributed by atoms with Gasteiger partial charge in [0.2, 0.25) is 0 Å². The first-order chi connectivity index (χ1) is 12.7. The number of halogens is 2. The normalized spacial score (nSPS) is 11.0. The number of allylic oxidation sites excluding steroid dienone is 1. The van der Waals surface area contributed by atoms with E-state index in [2.05, 4.69) is 6.07 Å². The van der Waals surface area contributed by atoms with Crippen molar-refractivity contribution < 1.29 is 4.74 Å². The molecular weight excluding hydrogens is 365 g/mol. The van der Waals surface area contributed by atoms with E-state index in [1.54, 1.807) is 12.1 Å². The van der Waals surface area contributed by atoms with Crippen LogP contribution in [0.2, 0.25) is 10.0 Å². The topological polar surface area (TPSA) is 33.0 Å². The van der Waals surface area contributed by atoms with Gasteiger partial charge in [0.15, 0.2) is 0 Å². The summed E-state index contributed by atoms with van der Waals surface area (Å²) < 4.78 is 5.84. The second-order valence-corrected chi connectivity index (χ2v) is 6.47. The summed E-state index contributed by atoms with van der Waals surface area (Å²) in [5, 5.41) is 10.8. The number of hydrogen-bond acceptors (Lipinski definition) is 2. The Morgan fingerprint density at radius 1 is 0.962 bits per heavy atom. The molecule has 0 N–H and O–H groups in total. The van der Waals surface area contributed by atoms with Gasteiger partial charge in [-0.25, -0.2) is 0 Å². The van der Waals surface area contributed by atoms with Crippen LogP contribution >= 0.6 is 23.2 Å². The summed E-state index contributed by atoms with van der Waals surface area (Å²) in [7, 11) is 0. The largest absolute Gasteiger partial charge is 0.489 e. The predicted molar refractivity (Wildman–Crippen MR) is 107 cm³/mol. The van der Waals surface area contributed by atoms with Crippen LogP contribution in [0.3, 0.4) is 0 Å². The maximum absolute atomic E-state index is 9.46. The number of nitriles is 1. The molecule has 0 bridgehead atoms. The van der Waals surface area contributed by atoms with Gasteiger partial charge in [0.25, 0.3) is 0 Å². The van der Waals surface area contributed by atoms with Gasteiger partial charge in [0, 0.05) is 15.6 Å². The van der Waals surface area contributed by atoms with Crippen LogP contribution in [-0.4, -0.2) is 0 Å². The molecule has 0 radical (unpaired) electrons. The van der Waals surface area contributed by atoms with Crippen LogP contribution in [0.4, 0.5) is 0 Å². The second-order valence-electron chi connectivity index (χ2n) is 5.63. The van der Waals surface area contributed by atoms with Gasteiger partial charge in [-0.1, -0.05) is 65.7 Å². The Morgan fingerprint density at radius 2 is 1.73 bits per heavy atom. The molecule has 3 aromatic rings. The molecule has 0 saturated heterocycles. The third-order valence-corrected chi connectivity index (χ3v) is 4.42. The Morgan fingerprint density at radius 3 is 2.46 bits per heavy atom. The fourth-order valence-electron chi connectivity index (χ4n) is 2.45. The molecule has 0 amide bonds. The standard InChI is InChI=1S/C22H15Cl2NO/c23-20-10-8-17(9-11-20)19(14-25)12-16-4-3-6-21(13-16)26-15-18-5-1-2-7-22(18)24/h1-13H,15H2/b19-12-. The Bertz CT molecular complexity index is 972. The lowest BCUT2D eigenvalue weighted by atomic mass is 10.0. The van der Waals surface area contributed by atoms with Crippen LogP contribution in [0.15, 0.2) is 72.8 Å². The number of benzene rings is 3. The highest BCUT2D eigenvalue weighted by Gasteiger charge is 2.04. The Kier molecular flexibility index (Phi) is 5.96. The molecular formula is C22H15Cl2NO. The lowest BCUT2D eigenvalue weighted by Gasteiger charge is -2.08. The highest BCUT2D eigenvalue weighted by atomic mass is 35.5. The number of hydrogen-bond donors (Lipinski definition) is 0. The molecule has 0 fully saturated rings. The molecule has 0 heterocycles. The van der Waals surface area contributed by atoms with Gasteiger partial charge in [0.05, 0.1) is 11.6 Å². The zero-order valence-electron chi connectivity index (χ0n) is 13.8. The number of nitrogens with zero attached hydrogens (tertiary/aromatic N) is 1. The van der Waals surface area contributed by atoms with Crippen LogP contribution in [0.25, 0.3) is 11.6 Å². The smallest absolute Gasteiger partial charge is 0.120 e. The van der Waals surface area contributed by atoms with Gasteiger partial charge in [-0.2, -0.15) is 5.26 Å². The fraction of sp³-hybridized carbons (Fsp3) is 0.0455. The second kappa shape index (κ2) is 8.58. The van der Waals surface area contributed by atoms with Crippen molar-refractivity contribution in [2.45, 2.75) is 6.61 Å². The molecule has 0 aliphatic carbocycles. The molecule has 0 unspecified atom stereocenters. The monoisotopic (exact) mass is 379 g/mol. The molecule has 0 aliphatic rings. The van der Waals surface area contributed by atoms with E-state index in [1.165, 1.54) is 0 Å². The minimum absolute atomic E-state index is 0.384. The minimum Gasteiger partial charge on any atom is -0.489 e. The Labute approximate surface area is 162 Å². The fourth-order valence-corrected chi connectivity index (χ4v) is 2.76. The van der Waals surface area contributed by atoms with E-state index >= 15 is 0 Å². The average molecular weight is 380 g/mol. The summed E-state index contributed by atoms with van der Waals surface area (Å²) in [6.45, 7) is 0.384. The third kappa shape index (κ3) is 4.67. The van der Waals surface area contributed by atoms with Crippen molar-refractivity contribution >= 4 is 34.9 Å². The molecule has 0 aliphatic heterocycles. The van der Waals surface area contributed by atoms with Crippen LogP contribution in [0.1, 0.15) is 16.7 Å². The molecule has 0 atom stereocenters. The molecule has 26 heavy (non-hydrogen) atoms. The highest BCUT2D eigenvalue weighted by Crippen LogP contribution is 2.23. The lowest BCUT2D eigenvalue weighted by molar-refractivity contribution is 0.306. The third-order valence-electron chi connectivity index (χ3n) is 3.80. The summed E-state index contributed by atoms with van der Waals surface area (Å²) in [6.07, 6.45) is 1.82. The van der Waals surface area contributed by atoms with Crippen molar-refractivity contribution in [1.82, 2.24) is 0 Å². The summed E-state index contributed by atoms with van der Waals surface area (Å²) >= 11 is 12.1.